The molecular formula is C74H51N3S. The van der Waals surface area contributed by atoms with Crippen LogP contribution in [0.25, 0.3) is 75.1 Å². The molecule has 14 aromatic rings. The molecule has 0 saturated heterocycles. The first-order valence-corrected chi connectivity index (χ1v) is 27.4. The predicted molar refractivity (Wildman–Crippen MR) is 335 cm³/mol. The molecule has 3 nitrogen and oxygen atoms in total. The summed E-state index contributed by atoms with van der Waals surface area (Å²) >= 11 is 1.87. The van der Waals surface area contributed by atoms with Crippen molar-refractivity contribution in [1.29, 1.82) is 0 Å². The Hall–Kier alpha value is -10.0. The molecular weight excluding hydrogens is 963 g/mol. The lowest BCUT2D eigenvalue weighted by atomic mass is 9.96. The number of fused-ring (bicyclic) bond motifs is 5. The summed E-state index contributed by atoms with van der Waals surface area (Å²) in [7, 11) is 0. The predicted octanol–water partition coefficient (Wildman–Crippen LogP) is 21.8. The van der Waals surface area contributed by atoms with Crippen molar-refractivity contribution in [2.24, 2.45) is 0 Å². The lowest BCUT2D eigenvalue weighted by Gasteiger charge is -2.34. The zero-order chi connectivity index (χ0) is 51.8. The van der Waals surface area contributed by atoms with Crippen LogP contribution in [0.5, 0.6) is 0 Å². The van der Waals surface area contributed by atoms with E-state index in [1.165, 1.54) is 64.3 Å². The number of benzene rings is 13. The standard InChI is InChI=1S/C74H51N3S/c1-6-23-52(24-7-1)62-45-47-71(67-35-18-16-33-65(62)67)76(56-29-12-4-13-30-56)60-49-59(50-61(51-60)77(57-31-14-5-15-32-57)72-48-46-63(53-25-8-2-9-26-53)66-34-17-19-36-68(66)72)75(55-27-10-3-11-28-55)58-43-41-54(42-44-58)64-38-22-39-70-69-37-20-21-40-73(69)78-74(64)70/h1-51H. The first-order valence-electron chi connectivity index (χ1n) is 26.6. The molecule has 0 unspecified atom stereocenters. The average Bonchev–Trinajstić information content (AvgIpc) is 4.06. The highest BCUT2D eigenvalue weighted by Gasteiger charge is 2.25. The third kappa shape index (κ3) is 8.51. The Balaban J connectivity index is 1.03. The minimum absolute atomic E-state index is 1.00. The molecule has 0 fully saturated rings. The number of thiophene rings is 1. The third-order valence-corrected chi connectivity index (χ3v) is 16.2. The molecule has 0 bridgehead atoms. The van der Waals surface area contributed by atoms with Crippen molar-refractivity contribution in [1.82, 2.24) is 0 Å². The summed E-state index contributed by atoms with van der Waals surface area (Å²) in [5.41, 5.74) is 16.5. The van der Waals surface area contributed by atoms with E-state index in [-0.39, 0.29) is 0 Å². The lowest BCUT2D eigenvalue weighted by molar-refractivity contribution is 1.23. The number of nitrogens with zero attached hydrogens (tertiary/aromatic N) is 3. The van der Waals surface area contributed by atoms with Crippen molar-refractivity contribution in [2.75, 3.05) is 14.7 Å². The number of hydrogen-bond acceptors (Lipinski definition) is 4. The van der Waals surface area contributed by atoms with Crippen LogP contribution in [0, 0.1) is 0 Å². The maximum atomic E-state index is 2.45. The first-order chi connectivity index (χ1) is 38.7. The quantitative estimate of drug-likeness (QED) is 0.121. The fourth-order valence-corrected chi connectivity index (χ4v) is 12.7. The summed E-state index contributed by atoms with van der Waals surface area (Å²) in [6.07, 6.45) is 0. The Morgan fingerprint density at radius 2 is 0.564 bits per heavy atom. The molecule has 4 heteroatoms. The van der Waals surface area contributed by atoms with E-state index in [0.29, 0.717) is 0 Å². The molecule has 13 aromatic carbocycles. The molecule has 0 saturated carbocycles. The van der Waals surface area contributed by atoms with Crippen molar-refractivity contribution in [3.05, 3.63) is 309 Å². The third-order valence-electron chi connectivity index (χ3n) is 15.0. The summed E-state index contributed by atoms with van der Waals surface area (Å²) < 4.78 is 2.61. The number of hydrogen-bond donors (Lipinski definition) is 0. The Morgan fingerprint density at radius 1 is 0.205 bits per heavy atom. The maximum absolute atomic E-state index is 2.45. The van der Waals surface area contributed by atoms with E-state index in [4.69, 9.17) is 0 Å². The Bertz CT molecular complexity index is 4240. The summed E-state index contributed by atoms with van der Waals surface area (Å²) in [6, 6.07) is 113. The van der Waals surface area contributed by atoms with Crippen LogP contribution in [0.3, 0.4) is 0 Å². The fourth-order valence-electron chi connectivity index (χ4n) is 11.5. The van der Waals surface area contributed by atoms with Gasteiger partial charge in [0.25, 0.3) is 0 Å². The van der Waals surface area contributed by atoms with Gasteiger partial charge in [-0.25, -0.2) is 0 Å². The molecule has 0 amide bonds. The van der Waals surface area contributed by atoms with Crippen LogP contribution in [0.2, 0.25) is 0 Å². The monoisotopic (exact) mass is 1010 g/mol. The molecule has 0 aliphatic rings. The summed E-state index contributed by atoms with van der Waals surface area (Å²) in [5, 5.41) is 7.28. The summed E-state index contributed by atoms with van der Waals surface area (Å²) in [4.78, 5) is 7.31. The minimum Gasteiger partial charge on any atom is -0.310 e. The van der Waals surface area contributed by atoms with Gasteiger partial charge in [0.1, 0.15) is 0 Å². The van der Waals surface area contributed by atoms with Gasteiger partial charge in [0.2, 0.25) is 0 Å². The van der Waals surface area contributed by atoms with Gasteiger partial charge in [0.15, 0.2) is 0 Å². The van der Waals surface area contributed by atoms with Crippen LogP contribution in [0.15, 0.2) is 309 Å². The van der Waals surface area contributed by atoms with E-state index in [9.17, 15) is 0 Å². The van der Waals surface area contributed by atoms with Gasteiger partial charge in [-0.15, -0.1) is 11.3 Å². The van der Waals surface area contributed by atoms with Gasteiger partial charge in [-0.2, -0.15) is 0 Å². The van der Waals surface area contributed by atoms with Crippen LogP contribution >= 0.6 is 11.3 Å². The normalized spacial score (nSPS) is 11.3. The number of anilines is 9. The lowest BCUT2D eigenvalue weighted by Crippen LogP contribution is -2.16. The molecule has 0 radical (unpaired) electrons. The topological polar surface area (TPSA) is 9.72 Å². The van der Waals surface area contributed by atoms with Gasteiger partial charge in [0.05, 0.1) is 28.4 Å². The average molecular weight is 1010 g/mol. The highest BCUT2D eigenvalue weighted by molar-refractivity contribution is 7.26. The van der Waals surface area contributed by atoms with Crippen LogP contribution in [0.1, 0.15) is 0 Å². The van der Waals surface area contributed by atoms with Gasteiger partial charge in [0, 0.05) is 53.7 Å². The maximum Gasteiger partial charge on any atom is 0.0540 e. The van der Waals surface area contributed by atoms with Gasteiger partial charge in [-0.05, 0) is 129 Å². The van der Waals surface area contributed by atoms with E-state index in [1.807, 2.05) is 11.3 Å². The van der Waals surface area contributed by atoms with E-state index in [2.05, 4.69) is 324 Å². The Morgan fingerprint density at radius 3 is 1.05 bits per heavy atom. The number of para-hydroxylation sites is 3. The molecule has 368 valence electrons. The van der Waals surface area contributed by atoms with E-state index >= 15 is 0 Å². The van der Waals surface area contributed by atoms with Gasteiger partial charge >= 0.3 is 0 Å². The fraction of sp³-hybridized carbons (Fsp3) is 0. The van der Waals surface area contributed by atoms with Crippen molar-refractivity contribution in [3.63, 3.8) is 0 Å². The molecule has 1 heterocycles. The molecule has 0 aliphatic heterocycles. The molecule has 0 aliphatic carbocycles. The van der Waals surface area contributed by atoms with Crippen LogP contribution in [-0.4, -0.2) is 0 Å². The zero-order valence-electron chi connectivity index (χ0n) is 42.7. The second kappa shape index (κ2) is 20.3. The summed E-state index contributed by atoms with van der Waals surface area (Å²) in [6.45, 7) is 0. The number of rotatable bonds is 12. The van der Waals surface area contributed by atoms with Crippen LogP contribution in [-0.2, 0) is 0 Å². The molecule has 0 N–H and O–H groups in total. The van der Waals surface area contributed by atoms with Crippen LogP contribution in [0.4, 0.5) is 51.2 Å². The smallest absolute Gasteiger partial charge is 0.0540 e. The minimum atomic E-state index is 1.00. The highest BCUT2D eigenvalue weighted by Crippen LogP contribution is 2.50. The second-order valence-corrected chi connectivity index (χ2v) is 20.7. The van der Waals surface area contributed by atoms with E-state index < -0.39 is 0 Å². The van der Waals surface area contributed by atoms with E-state index in [0.717, 1.165) is 62.0 Å². The molecule has 0 spiro atoms. The second-order valence-electron chi connectivity index (χ2n) is 19.6. The Labute approximate surface area is 459 Å². The van der Waals surface area contributed by atoms with Crippen LogP contribution < -0.4 is 14.7 Å². The van der Waals surface area contributed by atoms with Crippen molar-refractivity contribution >= 4 is 104 Å². The summed E-state index contributed by atoms with van der Waals surface area (Å²) in [5.74, 6) is 0. The largest absolute Gasteiger partial charge is 0.310 e. The van der Waals surface area contributed by atoms with Gasteiger partial charge < -0.3 is 14.7 Å². The zero-order valence-corrected chi connectivity index (χ0v) is 43.5. The first kappa shape index (κ1) is 46.5. The van der Waals surface area contributed by atoms with Crippen molar-refractivity contribution in [3.8, 4) is 33.4 Å². The molecule has 1 aromatic heterocycles. The van der Waals surface area contributed by atoms with Gasteiger partial charge in [-0.1, -0.05) is 224 Å². The van der Waals surface area contributed by atoms with E-state index in [1.54, 1.807) is 0 Å². The molecule has 78 heavy (non-hydrogen) atoms. The SMILES string of the molecule is c1ccc(-c2ccc(N(c3ccccc3)c3cc(N(c4ccccc4)c4ccc(-c5cccc6c5sc5ccccc56)cc4)cc(N(c4ccccc4)c4ccc(-c5ccccc5)c5ccccc45)c3)c3ccccc23)cc1. The van der Waals surface area contributed by atoms with Crippen molar-refractivity contribution < 1.29 is 0 Å². The molecule has 14 rings (SSSR count). The molecule has 0 atom stereocenters. The Kier molecular flexibility index (Phi) is 12.1. The van der Waals surface area contributed by atoms with Gasteiger partial charge in [-0.3, -0.25) is 0 Å². The van der Waals surface area contributed by atoms with Crippen molar-refractivity contribution in [2.45, 2.75) is 0 Å². The highest BCUT2D eigenvalue weighted by atomic mass is 32.1.